The minimum absolute atomic E-state index is 0.277. The number of hydrogen-bond acceptors (Lipinski definition) is 4. The second-order valence-corrected chi connectivity index (χ2v) is 6.20. The zero-order valence-electron chi connectivity index (χ0n) is 12.9. The van der Waals surface area contributed by atoms with Gasteiger partial charge >= 0.3 is 5.97 Å². The van der Waals surface area contributed by atoms with Gasteiger partial charge in [-0.3, -0.25) is 0 Å². The van der Waals surface area contributed by atoms with Crippen molar-refractivity contribution in [3.05, 3.63) is 76.0 Å². The van der Waals surface area contributed by atoms with Gasteiger partial charge in [0.2, 0.25) is 0 Å². The van der Waals surface area contributed by atoms with E-state index in [4.69, 9.17) is 4.74 Å². The van der Waals surface area contributed by atoms with E-state index in [2.05, 4.69) is 17.1 Å². The molecule has 3 rings (SSSR count). The smallest absolute Gasteiger partial charge is 0.355 e. The first kappa shape index (κ1) is 15.5. The third kappa shape index (κ3) is 3.87. The first-order valence-electron chi connectivity index (χ1n) is 7.49. The number of esters is 1. The van der Waals surface area contributed by atoms with Crippen molar-refractivity contribution in [2.45, 2.75) is 26.5 Å². The molecule has 0 fully saturated rings. The number of benzene rings is 1. The number of aromatic nitrogens is 2. The zero-order valence-corrected chi connectivity index (χ0v) is 13.8. The average Bonchev–Trinajstić information content (AvgIpc) is 3.20. The summed E-state index contributed by atoms with van der Waals surface area (Å²) in [6.45, 7) is 2.95. The van der Waals surface area contributed by atoms with Crippen LogP contribution in [0.3, 0.4) is 0 Å². The molecule has 0 unspecified atom stereocenters. The summed E-state index contributed by atoms with van der Waals surface area (Å²) in [5.41, 5.74) is 4.52. The molecule has 2 aromatic heterocycles. The molecule has 0 radical (unpaired) electrons. The molecule has 2 heterocycles. The highest BCUT2D eigenvalue weighted by molar-refractivity contribution is 7.09. The van der Waals surface area contributed by atoms with Gasteiger partial charge in [-0.05, 0) is 31.0 Å². The van der Waals surface area contributed by atoms with Crippen molar-refractivity contribution < 1.29 is 9.53 Å². The van der Waals surface area contributed by atoms with Crippen molar-refractivity contribution in [1.82, 2.24) is 9.55 Å². The lowest BCUT2D eigenvalue weighted by Crippen LogP contribution is -2.13. The summed E-state index contributed by atoms with van der Waals surface area (Å²) in [6, 6.07) is 13.9. The lowest BCUT2D eigenvalue weighted by atomic mass is 10.1. The van der Waals surface area contributed by atoms with Gasteiger partial charge in [0, 0.05) is 12.7 Å². The molecule has 1 aromatic carbocycles. The normalized spacial score (nSPS) is 10.7. The van der Waals surface area contributed by atoms with Crippen molar-refractivity contribution in [2.24, 2.45) is 0 Å². The molecular weight excluding hydrogens is 308 g/mol. The van der Waals surface area contributed by atoms with Crippen LogP contribution in [0.4, 0.5) is 0 Å². The second-order valence-electron chi connectivity index (χ2n) is 5.26. The summed E-state index contributed by atoms with van der Waals surface area (Å²) in [7, 11) is 0. The number of ether oxygens (including phenoxy) is 1. The summed E-state index contributed by atoms with van der Waals surface area (Å²) in [5.74, 6) is -0.295. The van der Waals surface area contributed by atoms with Crippen molar-refractivity contribution in [2.75, 3.05) is 0 Å². The number of carbonyl (C=O) groups is 1. The maximum Gasteiger partial charge on any atom is 0.355 e. The Morgan fingerprint density at radius 2 is 2.04 bits per heavy atom. The van der Waals surface area contributed by atoms with E-state index in [1.165, 1.54) is 16.9 Å². The Balaban J connectivity index is 1.61. The minimum Gasteiger partial charge on any atom is -0.455 e. The Bertz CT molecular complexity index is 777. The topological polar surface area (TPSA) is 44.1 Å². The van der Waals surface area contributed by atoms with Crippen LogP contribution in [-0.2, 0) is 24.3 Å². The predicted octanol–water partition coefficient (Wildman–Crippen LogP) is 3.85. The number of aryl methyl sites for hydroxylation is 3. The lowest BCUT2D eigenvalue weighted by Gasteiger charge is -2.09. The van der Waals surface area contributed by atoms with Gasteiger partial charge in [0.15, 0.2) is 0 Å². The Kier molecular flexibility index (Phi) is 4.88. The highest BCUT2D eigenvalue weighted by Gasteiger charge is 2.13. The Hall–Kier alpha value is -2.40. The molecule has 3 aromatic rings. The fraction of sp³-hybridized carbons (Fsp3) is 0.222. The predicted molar refractivity (Wildman–Crippen MR) is 90.5 cm³/mol. The monoisotopic (exact) mass is 326 g/mol. The van der Waals surface area contributed by atoms with E-state index in [1.54, 1.807) is 11.6 Å². The van der Waals surface area contributed by atoms with Gasteiger partial charge in [-0.2, -0.15) is 0 Å². The number of hydrogen-bond donors (Lipinski definition) is 0. The van der Waals surface area contributed by atoms with Crippen molar-refractivity contribution in [3.8, 4) is 0 Å². The number of nitrogens with zero attached hydrogens (tertiary/aromatic N) is 2. The van der Waals surface area contributed by atoms with Crippen LogP contribution in [0.5, 0.6) is 0 Å². The molecule has 0 aliphatic carbocycles. The Morgan fingerprint density at radius 3 is 2.78 bits per heavy atom. The fourth-order valence-corrected chi connectivity index (χ4v) is 3.05. The molecule has 0 aliphatic rings. The third-order valence-corrected chi connectivity index (χ3v) is 4.61. The molecule has 0 aliphatic heterocycles. The summed E-state index contributed by atoms with van der Waals surface area (Å²) < 4.78 is 7.35. The van der Waals surface area contributed by atoms with E-state index >= 15 is 0 Å². The van der Waals surface area contributed by atoms with E-state index in [0.717, 1.165) is 23.5 Å². The third-order valence-electron chi connectivity index (χ3n) is 3.70. The van der Waals surface area contributed by atoms with Crippen LogP contribution >= 0.6 is 11.3 Å². The van der Waals surface area contributed by atoms with Crippen LogP contribution in [0, 0.1) is 6.92 Å². The molecule has 118 valence electrons. The Labute approximate surface area is 139 Å². The molecular formula is C18H18N2O2S. The van der Waals surface area contributed by atoms with Crippen LogP contribution in [0.15, 0.2) is 54.2 Å². The molecule has 0 bridgehead atoms. The molecule has 0 saturated heterocycles. The van der Waals surface area contributed by atoms with Crippen LogP contribution in [-0.4, -0.2) is 15.5 Å². The van der Waals surface area contributed by atoms with Crippen molar-refractivity contribution >= 4 is 17.3 Å². The molecule has 4 nitrogen and oxygen atoms in total. The van der Waals surface area contributed by atoms with E-state index < -0.39 is 0 Å². The standard InChI is InChI=1S/C18H18N2O2S/c1-14-17(23-13-19-14)12-22-18(21)16-8-5-10-20(16)11-9-15-6-3-2-4-7-15/h2-8,10,13H,9,11-12H2,1H3. The van der Waals surface area contributed by atoms with Crippen LogP contribution in [0.2, 0.25) is 0 Å². The van der Waals surface area contributed by atoms with Gasteiger partial charge < -0.3 is 9.30 Å². The van der Waals surface area contributed by atoms with E-state index in [0.29, 0.717) is 5.69 Å². The largest absolute Gasteiger partial charge is 0.455 e. The highest BCUT2D eigenvalue weighted by atomic mass is 32.1. The van der Waals surface area contributed by atoms with Gasteiger partial charge in [0.1, 0.15) is 12.3 Å². The summed E-state index contributed by atoms with van der Waals surface area (Å²) >= 11 is 1.51. The quantitative estimate of drug-likeness (QED) is 0.646. The van der Waals surface area contributed by atoms with E-state index in [9.17, 15) is 4.79 Å². The van der Waals surface area contributed by atoms with Gasteiger partial charge in [0.05, 0.1) is 16.1 Å². The Morgan fingerprint density at radius 1 is 1.22 bits per heavy atom. The van der Waals surface area contributed by atoms with Crippen LogP contribution in [0.1, 0.15) is 26.6 Å². The van der Waals surface area contributed by atoms with Crippen LogP contribution < -0.4 is 0 Å². The van der Waals surface area contributed by atoms with Gasteiger partial charge in [-0.15, -0.1) is 11.3 Å². The molecule has 0 amide bonds. The molecule has 0 spiro atoms. The molecule has 0 saturated carbocycles. The maximum atomic E-state index is 12.3. The first-order chi connectivity index (χ1) is 11.2. The van der Waals surface area contributed by atoms with Gasteiger partial charge in [0.25, 0.3) is 0 Å². The maximum absolute atomic E-state index is 12.3. The molecule has 23 heavy (non-hydrogen) atoms. The molecule has 0 N–H and O–H groups in total. The van der Waals surface area contributed by atoms with Gasteiger partial charge in [-0.1, -0.05) is 30.3 Å². The van der Waals surface area contributed by atoms with E-state index in [1.807, 2.05) is 42.0 Å². The summed E-state index contributed by atoms with van der Waals surface area (Å²) in [6.07, 6.45) is 2.79. The lowest BCUT2D eigenvalue weighted by molar-refractivity contribution is 0.0463. The van der Waals surface area contributed by atoms with Gasteiger partial charge in [-0.25, -0.2) is 9.78 Å². The number of rotatable bonds is 6. The van der Waals surface area contributed by atoms with E-state index in [-0.39, 0.29) is 12.6 Å². The highest BCUT2D eigenvalue weighted by Crippen LogP contribution is 2.15. The summed E-state index contributed by atoms with van der Waals surface area (Å²) in [4.78, 5) is 17.4. The summed E-state index contributed by atoms with van der Waals surface area (Å²) in [5, 5.41) is 0. The number of carbonyl (C=O) groups excluding carboxylic acids is 1. The molecule has 5 heteroatoms. The average molecular weight is 326 g/mol. The number of thiazole rings is 1. The van der Waals surface area contributed by atoms with Crippen LogP contribution in [0.25, 0.3) is 0 Å². The van der Waals surface area contributed by atoms with Crippen molar-refractivity contribution in [3.63, 3.8) is 0 Å². The zero-order chi connectivity index (χ0) is 16.1. The minimum atomic E-state index is -0.295. The second kappa shape index (κ2) is 7.24. The first-order valence-corrected chi connectivity index (χ1v) is 8.37. The fourth-order valence-electron chi connectivity index (χ4n) is 2.36. The molecule has 0 atom stereocenters. The SMILES string of the molecule is Cc1ncsc1COC(=O)c1cccn1CCc1ccccc1. The van der Waals surface area contributed by atoms with Crippen molar-refractivity contribution in [1.29, 1.82) is 0 Å².